The van der Waals surface area contributed by atoms with Crippen LogP contribution in [0.15, 0.2) is 29.3 Å². The zero-order chi connectivity index (χ0) is 9.26. The van der Waals surface area contributed by atoms with E-state index in [-0.39, 0.29) is 11.1 Å². The van der Waals surface area contributed by atoms with Crippen molar-refractivity contribution in [2.24, 2.45) is 4.99 Å². The lowest BCUT2D eigenvalue weighted by molar-refractivity contribution is 0.268. The molecule has 0 aliphatic carbocycles. The van der Waals surface area contributed by atoms with Crippen LogP contribution in [0.2, 0.25) is 0 Å². The SMILES string of the molecule is O=C1N=C(c2cccc(F)c2)CS1. The number of hydrogen-bond donors (Lipinski definition) is 0. The molecule has 0 saturated heterocycles. The van der Waals surface area contributed by atoms with Crippen molar-refractivity contribution in [2.75, 3.05) is 5.75 Å². The highest BCUT2D eigenvalue weighted by molar-refractivity contribution is 8.14. The maximum Gasteiger partial charge on any atom is 0.305 e. The average Bonchev–Trinajstić information content (AvgIpc) is 2.52. The highest BCUT2D eigenvalue weighted by atomic mass is 32.2. The van der Waals surface area contributed by atoms with Gasteiger partial charge in [-0.3, -0.25) is 4.79 Å². The van der Waals surface area contributed by atoms with Gasteiger partial charge in [0.05, 0.1) is 5.71 Å². The van der Waals surface area contributed by atoms with Gasteiger partial charge in [-0.2, -0.15) is 0 Å². The number of carbonyl (C=O) groups excluding carboxylic acids is 1. The topological polar surface area (TPSA) is 29.4 Å². The molecule has 1 heterocycles. The van der Waals surface area contributed by atoms with E-state index in [9.17, 15) is 9.18 Å². The Morgan fingerprint density at radius 1 is 1.46 bits per heavy atom. The maximum absolute atomic E-state index is 12.8. The molecule has 0 aromatic heterocycles. The van der Waals surface area contributed by atoms with Gasteiger partial charge in [0.25, 0.3) is 0 Å². The standard InChI is InChI=1S/C9H6FNOS/c10-7-3-1-2-6(4-7)8-5-13-9(12)11-8/h1-4H,5H2. The molecule has 0 spiro atoms. The Morgan fingerprint density at radius 3 is 2.92 bits per heavy atom. The number of amides is 1. The molecule has 1 aliphatic rings. The highest BCUT2D eigenvalue weighted by Gasteiger charge is 2.16. The molecular formula is C9H6FNOS. The molecule has 1 amide bonds. The summed E-state index contributed by atoms with van der Waals surface area (Å²) in [7, 11) is 0. The quantitative estimate of drug-likeness (QED) is 0.689. The van der Waals surface area contributed by atoms with E-state index in [1.807, 2.05) is 0 Å². The fourth-order valence-corrected chi connectivity index (χ4v) is 1.79. The molecule has 13 heavy (non-hydrogen) atoms. The number of hydrogen-bond acceptors (Lipinski definition) is 2. The van der Waals surface area contributed by atoms with E-state index in [2.05, 4.69) is 4.99 Å². The smallest absolute Gasteiger partial charge is 0.259 e. The molecule has 0 bridgehead atoms. The molecule has 66 valence electrons. The summed E-state index contributed by atoms with van der Waals surface area (Å²) in [6.45, 7) is 0. The van der Waals surface area contributed by atoms with Crippen molar-refractivity contribution in [1.82, 2.24) is 0 Å². The third kappa shape index (κ3) is 1.78. The lowest BCUT2D eigenvalue weighted by Gasteiger charge is -1.97. The fraction of sp³-hybridized carbons (Fsp3) is 0.111. The van der Waals surface area contributed by atoms with Crippen molar-refractivity contribution in [1.29, 1.82) is 0 Å². The minimum atomic E-state index is -0.301. The third-order valence-corrected chi connectivity index (χ3v) is 2.47. The van der Waals surface area contributed by atoms with Gasteiger partial charge in [-0.15, -0.1) is 0 Å². The first-order valence-corrected chi connectivity index (χ1v) is 4.74. The second-order valence-electron chi connectivity index (χ2n) is 2.62. The molecule has 1 aliphatic heterocycles. The number of carbonyl (C=O) groups is 1. The highest BCUT2D eigenvalue weighted by Crippen LogP contribution is 2.18. The maximum atomic E-state index is 12.8. The lowest BCUT2D eigenvalue weighted by atomic mass is 10.1. The first kappa shape index (κ1) is 8.44. The van der Waals surface area contributed by atoms with Crippen molar-refractivity contribution >= 4 is 22.7 Å². The molecule has 0 N–H and O–H groups in total. The summed E-state index contributed by atoms with van der Waals surface area (Å²) in [5, 5.41) is -0.195. The van der Waals surface area contributed by atoms with E-state index < -0.39 is 0 Å². The van der Waals surface area contributed by atoms with Crippen LogP contribution in [-0.2, 0) is 0 Å². The molecule has 1 aromatic carbocycles. The second kappa shape index (κ2) is 3.30. The Hall–Kier alpha value is -1.16. The third-order valence-electron chi connectivity index (χ3n) is 1.72. The molecule has 4 heteroatoms. The fourth-order valence-electron chi connectivity index (χ4n) is 1.12. The van der Waals surface area contributed by atoms with Crippen molar-refractivity contribution in [2.45, 2.75) is 0 Å². The van der Waals surface area contributed by atoms with Crippen LogP contribution in [0.25, 0.3) is 0 Å². The van der Waals surface area contributed by atoms with Gasteiger partial charge in [-0.05, 0) is 17.7 Å². The summed E-state index contributed by atoms with van der Waals surface area (Å²) in [6, 6.07) is 6.12. The minimum absolute atomic E-state index is 0.195. The summed E-state index contributed by atoms with van der Waals surface area (Å²) in [4.78, 5) is 14.6. The van der Waals surface area contributed by atoms with Crippen LogP contribution >= 0.6 is 11.8 Å². The molecule has 0 fully saturated rings. The monoisotopic (exact) mass is 195 g/mol. The second-order valence-corrected chi connectivity index (χ2v) is 3.55. The van der Waals surface area contributed by atoms with Crippen molar-refractivity contribution in [3.05, 3.63) is 35.6 Å². The van der Waals surface area contributed by atoms with Crippen LogP contribution in [0, 0.1) is 5.82 Å². The van der Waals surface area contributed by atoms with Gasteiger partial charge in [-0.1, -0.05) is 23.9 Å². The predicted octanol–water partition coefficient (Wildman–Crippen LogP) is 2.48. The van der Waals surface area contributed by atoms with Gasteiger partial charge in [0.2, 0.25) is 0 Å². The Bertz CT molecular complexity index is 389. The molecule has 2 nitrogen and oxygen atoms in total. The number of aliphatic imine (C=N–C) groups is 1. The summed E-state index contributed by atoms with van der Waals surface area (Å²) in [5.74, 6) is 0.243. The number of thioether (sulfide) groups is 1. The number of benzene rings is 1. The largest absolute Gasteiger partial charge is 0.305 e. The van der Waals surface area contributed by atoms with Crippen molar-refractivity contribution in [3.63, 3.8) is 0 Å². The normalized spacial score (nSPS) is 16.1. The number of nitrogens with zero attached hydrogens (tertiary/aromatic N) is 1. The van der Waals surface area contributed by atoms with Crippen molar-refractivity contribution < 1.29 is 9.18 Å². The average molecular weight is 195 g/mol. The van der Waals surface area contributed by atoms with E-state index in [4.69, 9.17) is 0 Å². The molecular weight excluding hydrogens is 189 g/mol. The zero-order valence-corrected chi connectivity index (χ0v) is 7.47. The van der Waals surface area contributed by atoms with Gasteiger partial charge in [-0.25, -0.2) is 9.38 Å². The van der Waals surface area contributed by atoms with Crippen LogP contribution in [0.4, 0.5) is 9.18 Å². The summed E-state index contributed by atoms with van der Waals surface area (Å²) in [6.07, 6.45) is 0. The van der Waals surface area contributed by atoms with Crippen LogP contribution in [-0.4, -0.2) is 16.7 Å². The van der Waals surface area contributed by atoms with Gasteiger partial charge in [0.15, 0.2) is 0 Å². The Morgan fingerprint density at radius 2 is 2.31 bits per heavy atom. The van der Waals surface area contributed by atoms with E-state index in [0.717, 1.165) is 11.8 Å². The van der Waals surface area contributed by atoms with Crippen LogP contribution in [0.5, 0.6) is 0 Å². The van der Waals surface area contributed by atoms with Gasteiger partial charge in [0, 0.05) is 5.75 Å². The number of halogens is 1. The minimum Gasteiger partial charge on any atom is -0.259 e. The van der Waals surface area contributed by atoms with E-state index in [1.54, 1.807) is 12.1 Å². The summed E-state index contributed by atoms with van der Waals surface area (Å²) >= 11 is 1.14. The Balaban J connectivity index is 2.36. The Labute approximate surface area is 78.9 Å². The molecule has 0 radical (unpaired) electrons. The molecule has 0 saturated carbocycles. The van der Waals surface area contributed by atoms with E-state index in [1.165, 1.54) is 12.1 Å². The van der Waals surface area contributed by atoms with Crippen LogP contribution in [0.1, 0.15) is 5.56 Å². The summed E-state index contributed by atoms with van der Waals surface area (Å²) in [5.41, 5.74) is 1.35. The Kier molecular flexibility index (Phi) is 2.14. The van der Waals surface area contributed by atoms with Crippen molar-refractivity contribution in [3.8, 4) is 0 Å². The first-order valence-electron chi connectivity index (χ1n) is 3.76. The van der Waals surface area contributed by atoms with Gasteiger partial charge >= 0.3 is 5.24 Å². The van der Waals surface area contributed by atoms with Crippen LogP contribution < -0.4 is 0 Å². The van der Waals surface area contributed by atoms with Gasteiger partial charge in [0.1, 0.15) is 5.82 Å². The van der Waals surface area contributed by atoms with Gasteiger partial charge < -0.3 is 0 Å². The molecule has 0 unspecified atom stereocenters. The lowest BCUT2D eigenvalue weighted by Crippen LogP contribution is -1.99. The number of rotatable bonds is 1. The molecule has 2 rings (SSSR count). The molecule has 1 aromatic rings. The summed E-state index contributed by atoms with van der Waals surface area (Å²) < 4.78 is 12.8. The molecule has 0 atom stereocenters. The van der Waals surface area contributed by atoms with Crippen LogP contribution in [0.3, 0.4) is 0 Å². The van der Waals surface area contributed by atoms with E-state index >= 15 is 0 Å². The van der Waals surface area contributed by atoms with E-state index in [0.29, 0.717) is 17.0 Å². The zero-order valence-electron chi connectivity index (χ0n) is 6.66. The predicted molar refractivity (Wildman–Crippen MR) is 50.8 cm³/mol. The first-order chi connectivity index (χ1) is 6.25.